The van der Waals surface area contributed by atoms with Crippen molar-refractivity contribution in [1.82, 2.24) is 19.5 Å². The largest absolute Gasteiger partial charge is 0.479 e. The van der Waals surface area contributed by atoms with Gasteiger partial charge in [-0.1, -0.05) is 13.0 Å². The normalized spacial score (nSPS) is 24.5. The molecule has 3 aliphatic heterocycles. The Morgan fingerprint density at radius 1 is 1.22 bits per heavy atom. The zero-order chi connectivity index (χ0) is 28.9. The minimum Gasteiger partial charge on any atom is -0.479 e. The van der Waals surface area contributed by atoms with Gasteiger partial charge in [0.25, 0.3) is 0 Å². The summed E-state index contributed by atoms with van der Waals surface area (Å²) in [6.07, 6.45) is -3.22. The van der Waals surface area contributed by atoms with Crippen LogP contribution in [0.3, 0.4) is 0 Å². The number of piperidine rings is 1. The second-order valence-corrected chi connectivity index (χ2v) is 11.4. The highest BCUT2D eigenvalue weighted by Crippen LogP contribution is 2.40. The Labute approximate surface area is 235 Å². The van der Waals surface area contributed by atoms with E-state index < -0.39 is 30.7 Å². The van der Waals surface area contributed by atoms with Crippen LogP contribution in [0.15, 0.2) is 35.5 Å². The van der Waals surface area contributed by atoms with Crippen LogP contribution in [0, 0.1) is 11.8 Å². The van der Waals surface area contributed by atoms with Gasteiger partial charge in [-0.15, -0.1) is 5.10 Å². The van der Waals surface area contributed by atoms with E-state index in [9.17, 15) is 13.2 Å². The molecule has 2 aromatic heterocycles. The molecular weight excluding hydrogens is 540 g/mol. The van der Waals surface area contributed by atoms with Gasteiger partial charge >= 0.3 is 6.18 Å². The maximum absolute atomic E-state index is 15.0. The van der Waals surface area contributed by atoms with Crippen molar-refractivity contribution in [3.05, 3.63) is 36.0 Å². The van der Waals surface area contributed by atoms with E-state index in [1.165, 1.54) is 7.11 Å². The smallest absolute Gasteiger partial charge is 0.389 e. The van der Waals surface area contributed by atoms with Crippen LogP contribution in [0.2, 0.25) is 0 Å². The Hall–Kier alpha value is -3.25. The number of hydrogen-bond donors (Lipinski definition) is 1. The zero-order valence-corrected chi connectivity index (χ0v) is 23.3. The summed E-state index contributed by atoms with van der Waals surface area (Å²) in [5, 5.41) is 7.76. The van der Waals surface area contributed by atoms with Crippen molar-refractivity contribution in [2.24, 2.45) is 16.8 Å². The fourth-order valence-corrected chi connectivity index (χ4v) is 6.25. The van der Waals surface area contributed by atoms with Crippen molar-refractivity contribution in [3.63, 3.8) is 0 Å². The monoisotopic (exact) mass is 574 g/mol. The number of aliphatic imine (C=N–C) groups is 1. The Morgan fingerprint density at radius 3 is 2.71 bits per heavy atom. The molecule has 0 bridgehead atoms. The Morgan fingerprint density at radius 2 is 2.02 bits per heavy atom. The van der Waals surface area contributed by atoms with Crippen LogP contribution in [0.5, 0.6) is 5.88 Å². The van der Waals surface area contributed by atoms with E-state index in [-0.39, 0.29) is 11.9 Å². The van der Waals surface area contributed by atoms with Crippen molar-refractivity contribution in [2.45, 2.75) is 57.5 Å². The summed E-state index contributed by atoms with van der Waals surface area (Å²) in [6.45, 7) is 5.88. The number of fused-ring (bicyclic) bond motifs is 2. The maximum atomic E-state index is 15.0. The molecule has 12 heteroatoms. The molecule has 2 saturated heterocycles. The number of rotatable bonds is 7. The number of benzene rings is 1. The number of likely N-dealkylation sites (tertiary alicyclic amines) is 1. The molecule has 6 rings (SSSR count). The molecule has 220 valence electrons. The fraction of sp³-hybridized carbons (Fsp3) is 0.552. The first-order valence-electron chi connectivity index (χ1n) is 14.0. The summed E-state index contributed by atoms with van der Waals surface area (Å²) in [7, 11) is 1.52. The minimum absolute atomic E-state index is 0.279. The lowest BCUT2D eigenvalue weighted by Crippen LogP contribution is -2.57. The van der Waals surface area contributed by atoms with Crippen molar-refractivity contribution in [3.8, 4) is 17.0 Å². The van der Waals surface area contributed by atoms with E-state index in [2.05, 4.69) is 25.3 Å². The molecule has 4 atom stereocenters. The summed E-state index contributed by atoms with van der Waals surface area (Å²) in [4.78, 5) is 11.3. The molecule has 0 spiro atoms. The summed E-state index contributed by atoms with van der Waals surface area (Å²) in [6, 6.07) is 7.60. The molecule has 5 heterocycles. The number of nitrogens with one attached hydrogen (secondary N) is 1. The molecule has 41 heavy (non-hydrogen) atoms. The van der Waals surface area contributed by atoms with Crippen molar-refractivity contribution in [2.75, 3.05) is 38.7 Å². The summed E-state index contributed by atoms with van der Waals surface area (Å²) < 4.78 is 66.9. The van der Waals surface area contributed by atoms with Gasteiger partial charge in [0.2, 0.25) is 11.8 Å². The second kappa shape index (κ2) is 10.9. The van der Waals surface area contributed by atoms with Crippen LogP contribution in [-0.2, 0) is 11.2 Å². The van der Waals surface area contributed by atoms with Gasteiger partial charge in [-0.05, 0) is 55.0 Å². The standard InChI is InChI=1S/C29H34F4N6O2/c1-16(12-29(31,32)33)22-11-19-10-18(4-5-24(19)34-17(22)2)21-6-9-39-26(21)27(40-3)36-28(37-39)35-25-7-8-38(13-23(25)30)20-14-41-15-20/h4-6,9-10,16,20,22-23,25H,7-8,11-15H2,1-3H3,(H,35,37)/t16-,22-,23-,25-/m1/s1. The van der Waals surface area contributed by atoms with E-state index in [4.69, 9.17) is 9.47 Å². The number of methoxy groups -OCH3 is 1. The maximum Gasteiger partial charge on any atom is 0.389 e. The SMILES string of the molecule is COc1nc(N[C@@H]2CCN(C3COC3)C[C@H]2F)nn2ccc(-c3ccc4c(c3)C[C@H]([C@H](C)CC(F)(F)F)C(C)=N4)c12. The van der Waals surface area contributed by atoms with Crippen LogP contribution in [0.1, 0.15) is 32.3 Å². The summed E-state index contributed by atoms with van der Waals surface area (Å²) in [5.74, 6) is -0.245. The molecule has 1 N–H and O–H groups in total. The quantitative estimate of drug-likeness (QED) is 0.377. The lowest BCUT2D eigenvalue weighted by molar-refractivity contribution is -0.145. The fourth-order valence-electron chi connectivity index (χ4n) is 6.25. The van der Waals surface area contributed by atoms with E-state index in [1.807, 2.05) is 24.3 Å². The van der Waals surface area contributed by atoms with E-state index in [1.54, 1.807) is 24.6 Å². The third-order valence-corrected chi connectivity index (χ3v) is 8.60. The van der Waals surface area contributed by atoms with Crippen LogP contribution < -0.4 is 10.1 Å². The molecule has 3 aliphatic rings. The average molecular weight is 575 g/mol. The number of alkyl halides is 4. The highest BCUT2D eigenvalue weighted by molar-refractivity contribution is 5.91. The van der Waals surface area contributed by atoms with Crippen molar-refractivity contribution in [1.29, 1.82) is 0 Å². The van der Waals surface area contributed by atoms with E-state index in [0.717, 1.165) is 34.6 Å². The van der Waals surface area contributed by atoms with E-state index in [0.29, 0.717) is 50.0 Å². The molecule has 0 saturated carbocycles. The third-order valence-electron chi connectivity index (χ3n) is 8.60. The number of hydrogen-bond acceptors (Lipinski definition) is 7. The molecule has 8 nitrogen and oxygen atoms in total. The third kappa shape index (κ3) is 5.63. The Bertz CT molecular complexity index is 1450. The number of nitrogens with zero attached hydrogens (tertiary/aromatic N) is 5. The van der Waals surface area contributed by atoms with Gasteiger partial charge in [0, 0.05) is 42.9 Å². The zero-order valence-electron chi connectivity index (χ0n) is 23.3. The van der Waals surface area contributed by atoms with Gasteiger partial charge in [0.1, 0.15) is 11.7 Å². The molecular formula is C29H34F4N6O2. The molecule has 0 aliphatic carbocycles. The van der Waals surface area contributed by atoms with Gasteiger partial charge in [-0.3, -0.25) is 9.89 Å². The van der Waals surface area contributed by atoms with E-state index >= 15 is 4.39 Å². The first kappa shape index (κ1) is 27.9. The Kier molecular flexibility index (Phi) is 7.39. The first-order chi connectivity index (χ1) is 19.6. The molecule has 0 amide bonds. The van der Waals surface area contributed by atoms with Crippen molar-refractivity contribution < 1.29 is 27.0 Å². The van der Waals surface area contributed by atoms with Gasteiger partial charge in [0.15, 0.2) is 0 Å². The summed E-state index contributed by atoms with van der Waals surface area (Å²) in [5.41, 5.74) is 4.73. The topological polar surface area (TPSA) is 76.3 Å². The van der Waals surface area contributed by atoms with Crippen LogP contribution in [0.4, 0.5) is 29.2 Å². The van der Waals surface area contributed by atoms with Crippen LogP contribution in [-0.4, -0.2) is 83.1 Å². The van der Waals surface area contributed by atoms with Crippen LogP contribution >= 0.6 is 0 Å². The van der Waals surface area contributed by atoms with Gasteiger partial charge in [-0.25, -0.2) is 8.91 Å². The van der Waals surface area contributed by atoms with Crippen molar-refractivity contribution >= 4 is 22.9 Å². The molecule has 3 aromatic rings. The first-order valence-corrected chi connectivity index (χ1v) is 14.0. The molecule has 2 fully saturated rings. The number of anilines is 1. The van der Waals surface area contributed by atoms with Crippen LogP contribution in [0.25, 0.3) is 16.6 Å². The Balaban J connectivity index is 1.24. The number of ether oxygens (including phenoxy) is 2. The predicted molar refractivity (Wildman–Crippen MR) is 148 cm³/mol. The van der Waals surface area contributed by atoms with Gasteiger partial charge in [-0.2, -0.15) is 18.2 Å². The molecule has 1 aromatic carbocycles. The average Bonchev–Trinajstić information content (AvgIpc) is 3.31. The lowest BCUT2D eigenvalue weighted by atomic mass is 9.80. The molecule has 0 unspecified atom stereocenters. The number of halogens is 4. The molecule has 0 radical (unpaired) electrons. The van der Waals surface area contributed by atoms with Gasteiger partial charge in [0.05, 0.1) is 38.1 Å². The highest BCUT2D eigenvalue weighted by Gasteiger charge is 2.37. The number of aromatic nitrogens is 3. The summed E-state index contributed by atoms with van der Waals surface area (Å²) >= 11 is 0. The lowest BCUT2D eigenvalue weighted by Gasteiger charge is -2.42. The van der Waals surface area contributed by atoms with Gasteiger partial charge < -0.3 is 14.8 Å². The predicted octanol–water partition coefficient (Wildman–Crippen LogP) is 5.48. The minimum atomic E-state index is -4.22. The second-order valence-electron chi connectivity index (χ2n) is 11.4. The highest BCUT2D eigenvalue weighted by atomic mass is 19.4.